The number of carboxylic acid groups (broad SMARTS) is 1. The van der Waals surface area contributed by atoms with Crippen LogP contribution in [0.4, 0.5) is 25.8 Å². The number of nitrogens with zero attached hydrogens (tertiary/aromatic N) is 2. The van der Waals surface area contributed by atoms with E-state index in [0.717, 1.165) is 17.4 Å². The molecule has 1 aliphatic rings. The van der Waals surface area contributed by atoms with Crippen molar-refractivity contribution in [2.45, 2.75) is 6.10 Å². The fourth-order valence-corrected chi connectivity index (χ4v) is 3.78. The van der Waals surface area contributed by atoms with E-state index in [4.69, 9.17) is 15.6 Å². The third-order valence-electron chi connectivity index (χ3n) is 4.47. The highest BCUT2D eigenvalue weighted by molar-refractivity contribution is 7.18. The van der Waals surface area contributed by atoms with Gasteiger partial charge in [0.2, 0.25) is 5.78 Å². The second kappa shape index (κ2) is 7.99. The third-order valence-corrected chi connectivity index (χ3v) is 5.46. The van der Waals surface area contributed by atoms with Gasteiger partial charge in [-0.3, -0.25) is 4.79 Å². The van der Waals surface area contributed by atoms with Gasteiger partial charge in [0.15, 0.2) is 5.13 Å². The number of carbonyl (C=O) groups excluding carboxylic acids is 1. The molecule has 1 saturated heterocycles. The molecule has 0 aliphatic carbocycles. The monoisotopic (exact) mass is 428 g/mol. The van der Waals surface area contributed by atoms with E-state index in [9.17, 15) is 14.0 Å². The number of ketones is 1. The van der Waals surface area contributed by atoms with Gasteiger partial charge in [0.05, 0.1) is 13.1 Å². The third kappa shape index (κ3) is 4.18. The van der Waals surface area contributed by atoms with Gasteiger partial charge in [-0.05, 0) is 36.4 Å². The van der Waals surface area contributed by atoms with Crippen LogP contribution in [0.5, 0.6) is 5.75 Å². The number of nitrogens with two attached hydrogens (primary N) is 1. The van der Waals surface area contributed by atoms with Crippen LogP contribution in [0.2, 0.25) is 0 Å². The fraction of sp³-hybridized carbons (Fsp3) is 0.150. The predicted molar refractivity (Wildman–Crippen MR) is 110 cm³/mol. The Bertz CT molecular complexity index is 1100. The highest BCUT2D eigenvalue weighted by Gasteiger charge is 2.32. The number of ether oxygens (including phenoxy) is 1. The van der Waals surface area contributed by atoms with Crippen LogP contribution in [0, 0.1) is 5.82 Å². The zero-order valence-corrected chi connectivity index (χ0v) is 16.4. The lowest BCUT2D eigenvalue weighted by Crippen LogP contribution is -2.55. The second-order valence-electron chi connectivity index (χ2n) is 6.65. The van der Waals surface area contributed by atoms with E-state index in [1.54, 1.807) is 24.3 Å². The lowest BCUT2D eigenvalue weighted by Gasteiger charge is -2.36. The summed E-state index contributed by atoms with van der Waals surface area (Å²) in [6, 6.07) is 12.5. The zero-order valence-electron chi connectivity index (χ0n) is 15.5. The lowest BCUT2D eigenvalue weighted by molar-refractivity contribution is 0.0252. The summed E-state index contributed by atoms with van der Waals surface area (Å²) in [6.45, 7) is 0.686. The minimum Gasteiger partial charge on any atom is -0.487 e. The van der Waals surface area contributed by atoms with Crippen molar-refractivity contribution >= 4 is 39.9 Å². The minimum absolute atomic E-state index is 0.0738. The number of carbonyl (C=O) groups is 2. The molecule has 0 radical (unpaired) electrons. The van der Waals surface area contributed by atoms with E-state index < -0.39 is 17.7 Å². The number of amides is 1. The zero-order chi connectivity index (χ0) is 21.3. The van der Waals surface area contributed by atoms with Gasteiger partial charge in [-0.2, -0.15) is 0 Å². The number of rotatable bonds is 6. The molecule has 1 aromatic heterocycles. The summed E-state index contributed by atoms with van der Waals surface area (Å²) in [5.41, 5.74) is 6.80. The molecular formula is C20H17FN4O4S. The van der Waals surface area contributed by atoms with Crippen molar-refractivity contribution in [2.75, 3.05) is 24.1 Å². The van der Waals surface area contributed by atoms with Crippen LogP contribution in [-0.2, 0) is 0 Å². The minimum atomic E-state index is -0.952. The Morgan fingerprint density at radius 1 is 1.23 bits per heavy atom. The Morgan fingerprint density at radius 2 is 1.97 bits per heavy atom. The molecule has 154 valence electrons. The molecule has 1 aliphatic heterocycles. The molecule has 1 amide bonds. The van der Waals surface area contributed by atoms with Gasteiger partial charge in [0, 0.05) is 11.3 Å². The Balaban J connectivity index is 1.39. The largest absolute Gasteiger partial charge is 0.487 e. The van der Waals surface area contributed by atoms with E-state index in [1.807, 2.05) is 0 Å². The number of aromatic nitrogens is 1. The van der Waals surface area contributed by atoms with Gasteiger partial charge < -0.3 is 25.8 Å². The molecule has 0 bridgehead atoms. The molecule has 0 saturated carbocycles. The summed E-state index contributed by atoms with van der Waals surface area (Å²) < 4.78 is 19.1. The Kier molecular flexibility index (Phi) is 5.23. The van der Waals surface area contributed by atoms with Crippen LogP contribution in [0.25, 0.3) is 0 Å². The fourth-order valence-electron chi connectivity index (χ4n) is 2.91. The lowest BCUT2D eigenvalue weighted by atomic mass is 10.1. The van der Waals surface area contributed by atoms with Crippen molar-refractivity contribution in [3.05, 3.63) is 64.8 Å². The van der Waals surface area contributed by atoms with E-state index in [-0.39, 0.29) is 22.4 Å². The van der Waals surface area contributed by atoms with Gasteiger partial charge in [-0.25, -0.2) is 14.2 Å². The van der Waals surface area contributed by atoms with E-state index in [0.29, 0.717) is 29.7 Å². The molecule has 0 atom stereocenters. The average Bonchev–Trinajstić information content (AvgIpc) is 3.04. The highest BCUT2D eigenvalue weighted by atomic mass is 32.1. The number of thiazole rings is 1. The maximum absolute atomic E-state index is 13.4. The Morgan fingerprint density at radius 3 is 2.63 bits per heavy atom. The van der Waals surface area contributed by atoms with Gasteiger partial charge in [0.25, 0.3) is 0 Å². The van der Waals surface area contributed by atoms with Crippen molar-refractivity contribution < 1.29 is 23.8 Å². The summed E-state index contributed by atoms with van der Waals surface area (Å²) in [5.74, 6) is -0.194. The average molecular weight is 428 g/mol. The highest BCUT2D eigenvalue weighted by Crippen LogP contribution is 2.30. The molecule has 4 rings (SSSR count). The molecule has 4 N–H and O–H groups in total. The first-order valence-electron chi connectivity index (χ1n) is 8.97. The second-order valence-corrected chi connectivity index (χ2v) is 7.65. The summed E-state index contributed by atoms with van der Waals surface area (Å²) in [5, 5.41) is 12.3. The van der Waals surface area contributed by atoms with Gasteiger partial charge >= 0.3 is 6.09 Å². The van der Waals surface area contributed by atoms with Crippen molar-refractivity contribution in [3.8, 4) is 5.75 Å². The molecule has 3 aromatic rings. The first-order chi connectivity index (χ1) is 14.4. The first kappa shape index (κ1) is 19.6. The summed E-state index contributed by atoms with van der Waals surface area (Å²) in [4.78, 5) is 29.0. The summed E-state index contributed by atoms with van der Waals surface area (Å²) in [7, 11) is 0. The van der Waals surface area contributed by atoms with Gasteiger partial charge in [-0.15, -0.1) is 0 Å². The Labute approximate surface area is 174 Å². The standard InChI is InChI=1S/C20H17FN4O4S/c21-12-3-1-2-11(8-12)16(26)17-18(22)24-19(30-17)23-13-4-6-14(7-5-13)29-15-9-25(10-15)20(27)28/h1-8,15H,9-10,22H2,(H,23,24)(H,27,28). The number of hydrogen-bond acceptors (Lipinski definition) is 7. The summed E-state index contributed by atoms with van der Waals surface area (Å²) >= 11 is 1.08. The van der Waals surface area contributed by atoms with Crippen LogP contribution in [0.3, 0.4) is 0 Å². The quantitative estimate of drug-likeness (QED) is 0.514. The maximum atomic E-state index is 13.4. The molecule has 1 fully saturated rings. The van der Waals surface area contributed by atoms with Crippen LogP contribution in [0.1, 0.15) is 15.2 Å². The number of halogens is 1. The molecule has 10 heteroatoms. The van der Waals surface area contributed by atoms with Crippen LogP contribution in [0.15, 0.2) is 48.5 Å². The number of benzene rings is 2. The molecule has 0 spiro atoms. The molecule has 0 unspecified atom stereocenters. The van der Waals surface area contributed by atoms with E-state index in [1.165, 1.54) is 23.1 Å². The summed E-state index contributed by atoms with van der Waals surface area (Å²) in [6.07, 6.45) is -1.11. The van der Waals surface area contributed by atoms with Crippen molar-refractivity contribution in [1.82, 2.24) is 9.88 Å². The molecule has 2 aromatic carbocycles. The molecular weight excluding hydrogens is 411 g/mol. The molecule has 8 nitrogen and oxygen atoms in total. The SMILES string of the molecule is Nc1nc(Nc2ccc(OC3CN(C(=O)O)C3)cc2)sc1C(=O)c1cccc(F)c1. The first-order valence-corrected chi connectivity index (χ1v) is 9.79. The van der Waals surface area contributed by atoms with Gasteiger partial charge in [0.1, 0.15) is 28.4 Å². The topological polar surface area (TPSA) is 118 Å². The van der Waals surface area contributed by atoms with Crippen LogP contribution in [-0.4, -0.2) is 46.1 Å². The van der Waals surface area contributed by atoms with Crippen molar-refractivity contribution in [1.29, 1.82) is 0 Å². The van der Waals surface area contributed by atoms with Gasteiger partial charge in [-0.1, -0.05) is 23.5 Å². The number of nitrogen functional groups attached to an aromatic ring is 1. The number of nitrogens with one attached hydrogen (secondary N) is 1. The normalized spacial score (nSPS) is 13.6. The molecule has 2 heterocycles. The van der Waals surface area contributed by atoms with Crippen LogP contribution >= 0.6 is 11.3 Å². The number of hydrogen-bond donors (Lipinski definition) is 3. The smallest absolute Gasteiger partial charge is 0.407 e. The number of anilines is 3. The number of likely N-dealkylation sites (tertiary alicyclic amines) is 1. The van der Waals surface area contributed by atoms with Crippen molar-refractivity contribution in [2.24, 2.45) is 0 Å². The van der Waals surface area contributed by atoms with Crippen LogP contribution < -0.4 is 15.8 Å². The molecule has 30 heavy (non-hydrogen) atoms. The van der Waals surface area contributed by atoms with E-state index in [2.05, 4.69) is 10.3 Å². The predicted octanol–water partition coefficient (Wildman–Crippen LogP) is 3.58. The Hall–Kier alpha value is -3.66. The van der Waals surface area contributed by atoms with Crippen molar-refractivity contribution in [3.63, 3.8) is 0 Å². The maximum Gasteiger partial charge on any atom is 0.407 e. The van der Waals surface area contributed by atoms with E-state index >= 15 is 0 Å².